The largest absolute Gasteiger partial charge is 0.505 e. The fourth-order valence-electron chi connectivity index (χ4n) is 1.92. The third-order valence-electron chi connectivity index (χ3n) is 2.93. The summed E-state index contributed by atoms with van der Waals surface area (Å²) in [5.74, 6) is -0.601. The van der Waals surface area contributed by atoms with Gasteiger partial charge in [0.25, 0.3) is 0 Å². The second-order valence-electron chi connectivity index (χ2n) is 4.17. The number of nitrogens with zero attached hydrogens (tertiary/aromatic N) is 1. The predicted molar refractivity (Wildman–Crippen MR) is 68.2 cm³/mol. The lowest BCUT2D eigenvalue weighted by Crippen LogP contribution is -2.04. The van der Waals surface area contributed by atoms with E-state index in [0.29, 0.717) is 5.69 Å². The van der Waals surface area contributed by atoms with Crippen molar-refractivity contribution in [2.45, 2.75) is 13.8 Å². The van der Waals surface area contributed by atoms with Crippen molar-refractivity contribution in [2.24, 2.45) is 0 Å². The molecule has 18 heavy (non-hydrogen) atoms. The number of benzene rings is 1. The number of esters is 1. The molecule has 1 aromatic heterocycles. The van der Waals surface area contributed by atoms with Crippen LogP contribution in [0.5, 0.6) is 5.75 Å². The summed E-state index contributed by atoms with van der Waals surface area (Å²) < 4.78 is 6.42. The van der Waals surface area contributed by atoms with E-state index in [2.05, 4.69) is 4.74 Å². The minimum atomic E-state index is -0.532. The van der Waals surface area contributed by atoms with Gasteiger partial charge in [-0.15, -0.1) is 0 Å². The molecule has 0 radical (unpaired) electrons. The van der Waals surface area contributed by atoms with Crippen molar-refractivity contribution < 1.29 is 14.6 Å². The molecule has 1 aromatic carbocycles. The summed E-state index contributed by atoms with van der Waals surface area (Å²) in [4.78, 5) is 11.6. The van der Waals surface area contributed by atoms with Gasteiger partial charge < -0.3 is 14.4 Å². The van der Waals surface area contributed by atoms with Gasteiger partial charge >= 0.3 is 5.97 Å². The Bertz CT molecular complexity index is 582. The molecule has 0 unspecified atom stereocenters. The molecule has 0 atom stereocenters. The van der Waals surface area contributed by atoms with Gasteiger partial charge in [0, 0.05) is 11.4 Å². The molecule has 4 nitrogen and oxygen atoms in total. The van der Waals surface area contributed by atoms with Gasteiger partial charge in [-0.25, -0.2) is 4.79 Å². The van der Waals surface area contributed by atoms with Crippen LogP contribution in [0, 0.1) is 13.8 Å². The molecule has 0 bridgehead atoms. The number of carbonyl (C=O) groups is 1. The first-order chi connectivity index (χ1) is 8.54. The van der Waals surface area contributed by atoms with Crippen LogP contribution in [0.25, 0.3) is 5.69 Å². The van der Waals surface area contributed by atoms with Crippen molar-refractivity contribution in [3.05, 3.63) is 47.3 Å². The van der Waals surface area contributed by atoms with E-state index >= 15 is 0 Å². The number of hydrogen-bond donors (Lipinski definition) is 1. The Kier molecular flexibility index (Phi) is 3.10. The summed E-state index contributed by atoms with van der Waals surface area (Å²) in [5.41, 5.74) is 2.91. The fraction of sp³-hybridized carbons (Fsp3) is 0.214. The maximum absolute atomic E-state index is 11.6. The fourth-order valence-corrected chi connectivity index (χ4v) is 1.92. The smallest absolute Gasteiger partial charge is 0.343 e. The summed E-state index contributed by atoms with van der Waals surface area (Å²) in [7, 11) is 1.30. The molecule has 0 amide bonds. The van der Waals surface area contributed by atoms with Crippen LogP contribution in [0.3, 0.4) is 0 Å². The Hall–Kier alpha value is -2.23. The molecule has 0 aliphatic carbocycles. The van der Waals surface area contributed by atoms with Gasteiger partial charge in [0.15, 0.2) is 0 Å². The molecule has 2 rings (SSSR count). The highest BCUT2D eigenvalue weighted by molar-refractivity contribution is 5.94. The Labute approximate surface area is 105 Å². The number of aromatic hydroxyl groups is 1. The molecule has 94 valence electrons. The first-order valence-electron chi connectivity index (χ1n) is 5.61. The molecule has 1 heterocycles. The minimum absolute atomic E-state index is 0.0695. The molecule has 4 heteroatoms. The Morgan fingerprint density at radius 1 is 1.22 bits per heavy atom. The zero-order valence-electron chi connectivity index (χ0n) is 10.6. The van der Waals surface area contributed by atoms with Gasteiger partial charge in [0.2, 0.25) is 0 Å². The van der Waals surface area contributed by atoms with Crippen molar-refractivity contribution in [3.8, 4) is 11.4 Å². The van der Waals surface area contributed by atoms with E-state index in [9.17, 15) is 9.90 Å². The first-order valence-corrected chi connectivity index (χ1v) is 5.61. The first kappa shape index (κ1) is 12.2. The monoisotopic (exact) mass is 245 g/mol. The van der Waals surface area contributed by atoms with E-state index in [1.165, 1.54) is 13.3 Å². The standard InChI is InChI=1S/C14H15NO3/c1-9-4-6-11(7-5-9)15-8-12(16)13(10(15)2)14(17)18-3/h4-8,16H,1-3H3. The molecule has 1 N–H and O–H groups in total. The van der Waals surface area contributed by atoms with Crippen LogP contribution in [0.2, 0.25) is 0 Å². The third-order valence-corrected chi connectivity index (χ3v) is 2.93. The number of hydrogen-bond acceptors (Lipinski definition) is 3. The van der Waals surface area contributed by atoms with E-state index in [-0.39, 0.29) is 11.3 Å². The number of ether oxygens (including phenoxy) is 1. The van der Waals surface area contributed by atoms with Crippen LogP contribution in [0.1, 0.15) is 21.6 Å². The molecular weight excluding hydrogens is 230 g/mol. The lowest BCUT2D eigenvalue weighted by molar-refractivity contribution is 0.0597. The molecule has 0 saturated heterocycles. The average molecular weight is 245 g/mol. The van der Waals surface area contributed by atoms with Gasteiger partial charge in [-0.3, -0.25) is 0 Å². The average Bonchev–Trinajstić information content (AvgIpc) is 2.65. The van der Waals surface area contributed by atoms with Crippen LogP contribution in [0.15, 0.2) is 30.5 Å². The van der Waals surface area contributed by atoms with Gasteiger partial charge in [0.1, 0.15) is 11.3 Å². The van der Waals surface area contributed by atoms with Crippen LogP contribution in [-0.4, -0.2) is 22.8 Å². The lowest BCUT2D eigenvalue weighted by Gasteiger charge is -2.06. The number of methoxy groups -OCH3 is 1. The Morgan fingerprint density at radius 3 is 2.39 bits per heavy atom. The van der Waals surface area contributed by atoms with Crippen molar-refractivity contribution in [3.63, 3.8) is 0 Å². The summed E-state index contributed by atoms with van der Waals surface area (Å²) in [5, 5.41) is 9.81. The number of aromatic nitrogens is 1. The van der Waals surface area contributed by atoms with E-state index in [0.717, 1.165) is 11.3 Å². The van der Waals surface area contributed by atoms with E-state index < -0.39 is 5.97 Å². The SMILES string of the molecule is COC(=O)c1c(O)cn(-c2ccc(C)cc2)c1C. The summed E-state index contributed by atoms with van der Waals surface area (Å²) in [6.45, 7) is 3.77. The third kappa shape index (κ3) is 1.97. The van der Waals surface area contributed by atoms with Crippen molar-refractivity contribution in [1.29, 1.82) is 0 Å². The molecule has 2 aromatic rings. The quantitative estimate of drug-likeness (QED) is 0.827. The Morgan fingerprint density at radius 2 is 1.83 bits per heavy atom. The number of carbonyl (C=O) groups excluding carboxylic acids is 1. The van der Waals surface area contributed by atoms with E-state index in [4.69, 9.17) is 0 Å². The van der Waals surface area contributed by atoms with Gasteiger partial charge in [0.05, 0.1) is 13.3 Å². The summed E-state index contributed by atoms with van der Waals surface area (Å²) in [6, 6.07) is 7.82. The normalized spacial score (nSPS) is 10.4. The molecule has 0 aliphatic heterocycles. The lowest BCUT2D eigenvalue weighted by atomic mass is 10.2. The second-order valence-corrected chi connectivity index (χ2v) is 4.17. The molecule has 0 fully saturated rings. The zero-order valence-corrected chi connectivity index (χ0v) is 10.6. The van der Waals surface area contributed by atoms with Crippen molar-refractivity contribution >= 4 is 5.97 Å². The summed E-state index contributed by atoms with van der Waals surface area (Å²) in [6.07, 6.45) is 1.52. The van der Waals surface area contributed by atoms with Crippen LogP contribution in [-0.2, 0) is 4.74 Å². The molecule has 0 saturated carbocycles. The minimum Gasteiger partial charge on any atom is -0.505 e. The van der Waals surface area contributed by atoms with E-state index in [1.807, 2.05) is 31.2 Å². The van der Waals surface area contributed by atoms with Gasteiger partial charge in [-0.05, 0) is 26.0 Å². The zero-order chi connectivity index (χ0) is 13.3. The van der Waals surface area contributed by atoms with E-state index in [1.54, 1.807) is 11.5 Å². The molecule has 0 aliphatic rings. The van der Waals surface area contributed by atoms with Gasteiger partial charge in [-0.1, -0.05) is 17.7 Å². The van der Waals surface area contributed by atoms with Gasteiger partial charge in [-0.2, -0.15) is 0 Å². The van der Waals surface area contributed by atoms with Crippen LogP contribution >= 0.6 is 0 Å². The maximum atomic E-state index is 11.6. The highest BCUT2D eigenvalue weighted by atomic mass is 16.5. The number of aryl methyl sites for hydroxylation is 1. The van der Waals surface area contributed by atoms with Crippen molar-refractivity contribution in [1.82, 2.24) is 4.57 Å². The summed E-state index contributed by atoms with van der Waals surface area (Å²) >= 11 is 0. The predicted octanol–water partition coefficient (Wildman–Crippen LogP) is 2.59. The maximum Gasteiger partial charge on any atom is 0.343 e. The topological polar surface area (TPSA) is 51.5 Å². The second kappa shape index (κ2) is 4.56. The van der Waals surface area contributed by atoms with Crippen molar-refractivity contribution in [2.75, 3.05) is 7.11 Å². The van der Waals surface area contributed by atoms with Crippen LogP contribution < -0.4 is 0 Å². The van der Waals surface area contributed by atoms with Crippen LogP contribution in [0.4, 0.5) is 0 Å². The number of rotatable bonds is 2. The Balaban J connectivity index is 2.53. The molecular formula is C14H15NO3. The highest BCUT2D eigenvalue weighted by Gasteiger charge is 2.20. The highest BCUT2D eigenvalue weighted by Crippen LogP contribution is 2.27. The molecule has 0 spiro atoms.